The second-order valence-corrected chi connectivity index (χ2v) is 13.6. The van der Waals surface area contributed by atoms with Crippen LogP contribution in [-0.2, 0) is 0 Å². The van der Waals surface area contributed by atoms with Crippen LogP contribution in [0.2, 0.25) is 0 Å². The molecule has 0 aromatic carbocycles. The predicted molar refractivity (Wildman–Crippen MR) is 163 cm³/mol. The van der Waals surface area contributed by atoms with Crippen LogP contribution in [-0.4, -0.2) is 30.4 Å². The Balaban J connectivity index is 0.000000240. The van der Waals surface area contributed by atoms with Crippen molar-refractivity contribution in [3.05, 3.63) is 48.0 Å². The lowest BCUT2D eigenvalue weighted by Gasteiger charge is -2.17. The molecule has 0 spiro atoms. The van der Waals surface area contributed by atoms with Gasteiger partial charge in [-0.1, -0.05) is 107 Å². The lowest BCUT2D eigenvalue weighted by Crippen LogP contribution is -2.17. The van der Waals surface area contributed by atoms with Crippen molar-refractivity contribution in [1.82, 2.24) is 0 Å². The number of nitrogens with zero attached hydrogens (tertiary/aromatic N) is 4. The zero-order chi connectivity index (χ0) is 27.6. The Morgan fingerprint density at radius 1 is 0.611 bits per heavy atom. The largest absolute Gasteiger partial charge is 0.289 e. The van der Waals surface area contributed by atoms with Crippen molar-refractivity contribution in [2.75, 3.05) is 6.54 Å². The van der Waals surface area contributed by atoms with Crippen LogP contribution in [0.3, 0.4) is 0 Å². The summed E-state index contributed by atoms with van der Waals surface area (Å²) in [5.41, 5.74) is 6.25. The van der Waals surface area contributed by atoms with Gasteiger partial charge in [0, 0.05) is 77.5 Å². The third-order valence-corrected chi connectivity index (χ3v) is 5.95. The van der Waals surface area contributed by atoms with E-state index in [1.807, 2.05) is 24.8 Å². The highest BCUT2D eigenvalue weighted by Gasteiger charge is 2.19. The molecule has 0 amide bonds. The molecule has 0 saturated carbocycles. The van der Waals surface area contributed by atoms with E-state index in [2.05, 4.69) is 127 Å². The average molecular weight is 493 g/mol. The summed E-state index contributed by atoms with van der Waals surface area (Å²) >= 11 is 0. The number of rotatable bonds is 0. The maximum atomic E-state index is 4.24. The maximum Gasteiger partial charge on any atom is 0.0576 e. The number of hydrogen-bond acceptors (Lipinski definition) is 4. The normalized spacial score (nSPS) is 18.3. The highest BCUT2D eigenvalue weighted by atomic mass is 14.8. The molecule has 36 heavy (non-hydrogen) atoms. The van der Waals surface area contributed by atoms with Crippen molar-refractivity contribution >= 4 is 23.9 Å². The molecule has 0 unspecified atom stereocenters. The third-order valence-electron chi connectivity index (χ3n) is 5.95. The topological polar surface area (TPSA) is 49.4 Å². The third kappa shape index (κ3) is 12.1. The summed E-state index contributed by atoms with van der Waals surface area (Å²) in [5.74, 6) is 0. The maximum absolute atomic E-state index is 4.24. The van der Waals surface area contributed by atoms with E-state index in [-0.39, 0.29) is 16.2 Å². The quantitative estimate of drug-likeness (QED) is 0.323. The molecule has 4 aliphatic heterocycles. The van der Waals surface area contributed by atoms with Crippen LogP contribution < -0.4 is 0 Å². The molecule has 0 atom stereocenters. The fraction of sp³-hybridized carbons (Fsp3) is 0.625. The van der Waals surface area contributed by atoms with E-state index in [1.165, 1.54) is 22.7 Å². The molecule has 4 heterocycles. The first-order valence-corrected chi connectivity index (χ1v) is 13.3. The molecule has 0 bridgehead atoms. The van der Waals surface area contributed by atoms with Gasteiger partial charge < -0.3 is 0 Å². The molecule has 4 heteroatoms. The van der Waals surface area contributed by atoms with Crippen LogP contribution in [0.1, 0.15) is 102 Å². The molecule has 200 valence electrons. The second-order valence-electron chi connectivity index (χ2n) is 13.6. The fourth-order valence-corrected chi connectivity index (χ4v) is 3.44. The number of hydrogen-bond donors (Lipinski definition) is 0. The number of allylic oxidation sites excluding steroid dienone is 5. The molecule has 0 aliphatic carbocycles. The summed E-state index contributed by atoms with van der Waals surface area (Å²) in [5, 5.41) is 0. The first-order valence-electron chi connectivity index (χ1n) is 13.3. The Morgan fingerprint density at radius 2 is 1.11 bits per heavy atom. The average Bonchev–Trinajstić information content (AvgIpc) is 3.57. The van der Waals surface area contributed by atoms with E-state index in [0.29, 0.717) is 5.41 Å². The first kappa shape index (κ1) is 31.7. The van der Waals surface area contributed by atoms with Crippen molar-refractivity contribution in [1.29, 1.82) is 0 Å². The van der Waals surface area contributed by atoms with Crippen molar-refractivity contribution in [2.24, 2.45) is 41.6 Å². The van der Waals surface area contributed by atoms with E-state index in [1.54, 1.807) is 0 Å². The molecule has 4 aliphatic rings. The van der Waals surface area contributed by atoms with Gasteiger partial charge in [0.15, 0.2) is 0 Å². The molecule has 0 aromatic rings. The molecule has 0 saturated heterocycles. The molecule has 0 radical (unpaired) electrons. The van der Waals surface area contributed by atoms with Gasteiger partial charge in [-0.05, 0) is 11.0 Å². The van der Waals surface area contributed by atoms with Gasteiger partial charge in [-0.25, -0.2) is 0 Å². The van der Waals surface area contributed by atoms with Crippen LogP contribution in [0, 0.1) is 21.7 Å². The highest BCUT2D eigenvalue weighted by Crippen LogP contribution is 2.28. The summed E-state index contributed by atoms with van der Waals surface area (Å²) in [6.07, 6.45) is 19.4. The SMILES string of the molecule is CC(C)(C)C1=CCC=N1.CC(C)(C)C1=CCN=C1.CC(C)(C)C1=NC=CC1.CC(C)(C)C1=NC=CC1. The van der Waals surface area contributed by atoms with Crippen LogP contribution >= 0.6 is 0 Å². The molecule has 0 N–H and O–H groups in total. The van der Waals surface area contributed by atoms with E-state index in [0.717, 1.165) is 25.8 Å². The Hall–Kier alpha value is -2.36. The highest BCUT2D eigenvalue weighted by molar-refractivity contribution is 5.92. The Kier molecular flexibility index (Phi) is 11.7. The molecular formula is C32H52N4. The molecule has 4 nitrogen and oxygen atoms in total. The second kappa shape index (κ2) is 13.3. The zero-order valence-corrected chi connectivity index (χ0v) is 25.2. The van der Waals surface area contributed by atoms with E-state index >= 15 is 0 Å². The van der Waals surface area contributed by atoms with Crippen molar-refractivity contribution in [2.45, 2.75) is 102 Å². The minimum Gasteiger partial charge on any atom is -0.289 e. The summed E-state index contributed by atoms with van der Waals surface area (Å²) in [7, 11) is 0. The Morgan fingerprint density at radius 3 is 1.28 bits per heavy atom. The summed E-state index contributed by atoms with van der Waals surface area (Å²) in [4.78, 5) is 16.8. The minimum absolute atomic E-state index is 0.243. The van der Waals surface area contributed by atoms with E-state index in [9.17, 15) is 0 Å². The van der Waals surface area contributed by atoms with Crippen molar-refractivity contribution < 1.29 is 0 Å². The summed E-state index contributed by atoms with van der Waals surface area (Å²) < 4.78 is 0. The van der Waals surface area contributed by atoms with Gasteiger partial charge in [0.1, 0.15) is 0 Å². The van der Waals surface area contributed by atoms with Gasteiger partial charge in [0.25, 0.3) is 0 Å². The Labute approximate surface area is 222 Å². The lowest BCUT2D eigenvalue weighted by molar-refractivity contribution is 0.500. The van der Waals surface area contributed by atoms with Gasteiger partial charge >= 0.3 is 0 Å². The zero-order valence-electron chi connectivity index (χ0n) is 25.2. The fourth-order valence-electron chi connectivity index (χ4n) is 3.44. The van der Waals surface area contributed by atoms with Crippen molar-refractivity contribution in [3.63, 3.8) is 0 Å². The molecule has 0 aromatic heterocycles. The van der Waals surface area contributed by atoms with E-state index in [4.69, 9.17) is 0 Å². The van der Waals surface area contributed by atoms with Crippen LogP contribution in [0.15, 0.2) is 67.9 Å². The summed E-state index contributed by atoms with van der Waals surface area (Å²) in [6.45, 7) is 27.2. The standard InChI is InChI=1S/4C8H13N/c1-8(2,3)7-4-5-9-6-7;3*1-8(2,3)7-5-4-6-9-7/h4,6H,5H2,1-3H3;5-6H,4H2,1-3H3;2*4,6H,5H2,1-3H3. The van der Waals surface area contributed by atoms with Gasteiger partial charge in [-0.2, -0.15) is 0 Å². The minimum atomic E-state index is 0.243. The molecule has 4 rings (SSSR count). The smallest absolute Gasteiger partial charge is 0.0576 e. The van der Waals surface area contributed by atoms with Crippen LogP contribution in [0.4, 0.5) is 0 Å². The van der Waals surface area contributed by atoms with Crippen LogP contribution in [0.25, 0.3) is 0 Å². The Bertz CT molecular complexity index is 872. The number of aliphatic imine (C=N–C) groups is 4. The monoisotopic (exact) mass is 492 g/mol. The van der Waals surface area contributed by atoms with Gasteiger partial charge in [0.05, 0.1) is 6.54 Å². The van der Waals surface area contributed by atoms with E-state index < -0.39 is 0 Å². The lowest BCUT2D eigenvalue weighted by atomic mass is 9.88. The van der Waals surface area contributed by atoms with Crippen LogP contribution in [0.5, 0.6) is 0 Å². The summed E-state index contributed by atoms with van der Waals surface area (Å²) in [6, 6.07) is 0. The molecular weight excluding hydrogens is 440 g/mol. The van der Waals surface area contributed by atoms with Gasteiger partial charge in [0.2, 0.25) is 0 Å². The molecule has 0 fully saturated rings. The predicted octanol–water partition coefficient (Wildman–Crippen LogP) is 9.22. The van der Waals surface area contributed by atoms with Crippen molar-refractivity contribution in [3.8, 4) is 0 Å². The van der Waals surface area contributed by atoms with Gasteiger partial charge in [-0.3, -0.25) is 20.0 Å². The first-order chi connectivity index (χ1) is 16.4. The van der Waals surface area contributed by atoms with Gasteiger partial charge in [-0.15, -0.1) is 0 Å².